The van der Waals surface area contributed by atoms with E-state index in [1.165, 1.54) is 0 Å². The zero-order chi connectivity index (χ0) is 14.5. The summed E-state index contributed by atoms with van der Waals surface area (Å²) in [6, 6.07) is 30.9. The van der Waals surface area contributed by atoms with Crippen LogP contribution in [0.1, 0.15) is 0 Å². The molecule has 0 aliphatic rings. The summed E-state index contributed by atoms with van der Waals surface area (Å²) >= 11 is 0. The van der Waals surface area contributed by atoms with Crippen molar-refractivity contribution in [2.75, 3.05) is 0 Å². The fourth-order valence-electron chi connectivity index (χ4n) is 2.60. The minimum atomic E-state index is -2.12. The van der Waals surface area contributed by atoms with E-state index in [0.29, 0.717) is 0 Å². The number of hydrogen-bond donors (Lipinski definition) is 1. The standard InChI is InChI=1S/C18H17N2P.Rh/c19-20-21(16-10-4-1-5-11-16,17-12-6-2-7-13-17)18-14-8-3-9-15-18;/h1-15,19-20H;. The molecule has 0 fully saturated rings. The van der Waals surface area contributed by atoms with Crippen molar-refractivity contribution in [2.45, 2.75) is 0 Å². The molecule has 1 radical (unpaired) electrons. The van der Waals surface area contributed by atoms with Gasteiger partial charge in [-0.3, -0.25) is 5.20 Å². The molecule has 3 aromatic rings. The van der Waals surface area contributed by atoms with Gasteiger partial charge in [-0.2, -0.15) is 0 Å². The topological polar surface area (TPSA) is 35.8 Å². The van der Waals surface area contributed by atoms with Gasteiger partial charge in [0.05, 0.1) is 0 Å². The average Bonchev–Trinajstić information content (AvgIpc) is 2.59. The fourth-order valence-corrected chi connectivity index (χ4v) is 5.74. The molecule has 3 rings (SSSR count). The number of nitrogens with one attached hydrogen (secondary N) is 2. The Morgan fingerprint density at radius 3 is 1.05 bits per heavy atom. The predicted molar refractivity (Wildman–Crippen MR) is 92.6 cm³/mol. The van der Waals surface area contributed by atoms with Crippen molar-refractivity contribution < 1.29 is 19.5 Å². The molecule has 0 saturated heterocycles. The second kappa shape index (κ2) is 7.76. The minimum Gasteiger partial charge on any atom is -0.576 e. The van der Waals surface area contributed by atoms with E-state index in [9.17, 15) is 0 Å². The Labute approximate surface area is 144 Å². The van der Waals surface area contributed by atoms with E-state index in [4.69, 9.17) is 5.84 Å². The first-order valence-corrected chi connectivity index (χ1v) is 8.67. The van der Waals surface area contributed by atoms with Crippen LogP contribution in [0, 0.1) is 0 Å². The van der Waals surface area contributed by atoms with Crippen LogP contribution < -0.4 is 21.1 Å². The summed E-state index contributed by atoms with van der Waals surface area (Å²) in [6.07, 6.45) is 0. The molecule has 22 heavy (non-hydrogen) atoms. The van der Waals surface area contributed by atoms with Crippen LogP contribution in [0.3, 0.4) is 0 Å². The molecule has 0 spiro atoms. The summed E-state index contributed by atoms with van der Waals surface area (Å²) in [4.78, 5) is 0. The third-order valence-corrected chi connectivity index (χ3v) is 7.15. The zero-order valence-corrected chi connectivity index (χ0v) is 14.5. The summed E-state index contributed by atoms with van der Waals surface area (Å²) < 4.78 is 0. The minimum absolute atomic E-state index is 0. The third-order valence-electron chi connectivity index (χ3n) is 3.60. The van der Waals surface area contributed by atoms with Crippen molar-refractivity contribution in [1.82, 2.24) is 5.20 Å². The quantitative estimate of drug-likeness (QED) is 0.410. The molecule has 0 heterocycles. The van der Waals surface area contributed by atoms with Crippen molar-refractivity contribution in [3.05, 3.63) is 96.8 Å². The number of hydrogen-bond acceptors (Lipinski definition) is 1. The third kappa shape index (κ3) is 3.04. The van der Waals surface area contributed by atoms with E-state index >= 15 is 0 Å². The van der Waals surface area contributed by atoms with Gasteiger partial charge in [0.25, 0.3) is 0 Å². The van der Waals surface area contributed by atoms with Gasteiger partial charge < -0.3 is 5.84 Å². The first-order chi connectivity index (χ1) is 10.4. The van der Waals surface area contributed by atoms with Crippen molar-refractivity contribution in [3.8, 4) is 0 Å². The monoisotopic (exact) mass is 395 g/mol. The molecule has 0 bridgehead atoms. The van der Waals surface area contributed by atoms with Crippen LogP contribution in [0.25, 0.3) is 5.84 Å². The van der Waals surface area contributed by atoms with E-state index in [1.807, 2.05) is 54.6 Å². The van der Waals surface area contributed by atoms with Gasteiger partial charge in [-0.1, -0.05) is 54.6 Å². The molecule has 0 aromatic heterocycles. The van der Waals surface area contributed by atoms with E-state index < -0.39 is 7.41 Å². The Hall–Kier alpha value is -1.37. The Bertz CT molecular complexity index is 593. The second-order valence-corrected chi connectivity index (χ2v) is 7.90. The summed E-state index contributed by atoms with van der Waals surface area (Å²) in [5, 5.41) is 6.42. The SMILES string of the molecule is [NH-]N[P+](c1ccccc1)(c1ccccc1)c1ccccc1.[Rh]. The van der Waals surface area contributed by atoms with Crippen LogP contribution in [0.15, 0.2) is 91.0 Å². The maximum absolute atomic E-state index is 8.12. The largest absolute Gasteiger partial charge is 0.576 e. The van der Waals surface area contributed by atoms with E-state index in [0.717, 1.165) is 15.9 Å². The van der Waals surface area contributed by atoms with Gasteiger partial charge in [-0.15, -0.1) is 0 Å². The van der Waals surface area contributed by atoms with Gasteiger partial charge in [0.15, 0.2) is 7.41 Å². The van der Waals surface area contributed by atoms with Crippen LogP contribution in [0.4, 0.5) is 0 Å². The molecule has 0 saturated carbocycles. The van der Waals surface area contributed by atoms with E-state index in [2.05, 4.69) is 41.6 Å². The first-order valence-electron chi connectivity index (χ1n) is 6.88. The summed E-state index contributed by atoms with van der Waals surface area (Å²) in [5.41, 5.74) is 0. The van der Waals surface area contributed by atoms with Gasteiger partial charge in [-0.25, -0.2) is 0 Å². The first kappa shape index (κ1) is 17.0. The zero-order valence-electron chi connectivity index (χ0n) is 11.9. The van der Waals surface area contributed by atoms with Crippen molar-refractivity contribution in [2.24, 2.45) is 0 Å². The van der Waals surface area contributed by atoms with Crippen LogP contribution in [-0.2, 0) is 19.5 Å². The van der Waals surface area contributed by atoms with Gasteiger partial charge in [0, 0.05) is 19.5 Å². The molecule has 2 N–H and O–H groups in total. The smallest absolute Gasteiger partial charge is 0.160 e. The molecule has 0 unspecified atom stereocenters. The molecule has 113 valence electrons. The van der Waals surface area contributed by atoms with Crippen LogP contribution in [-0.4, -0.2) is 0 Å². The number of rotatable bonds is 4. The fraction of sp³-hybridized carbons (Fsp3) is 0. The van der Waals surface area contributed by atoms with Gasteiger partial charge in [-0.05, 0) is 36.4 Å². The van der Waals surface area contributed by atoms with Crippen molar-refractivity contribution in [1.29, 1.82) is 0 Å². The van der Waals surface area contributed by atoms with E-state index in [-0.39, 0.29) is 19.5 Å². The molecule has 0 atom stereocenters. The maximum atomic E-state index is 8.12. The van der Waals surface area contributed by atoms with E-state index in [1.54, 1.807) is 0 Å². The van der Waals surface area contributed by atoms with Crippen LogP contribution >= 0.6 is 7.41 Å². The Balaban J connectivity index is 0.00000176. The van der Waals surface area contributed by atoms with Gasteiger partial charge in [0.2, 0.25) is 0 Å². The molecule has 4 heteroatoms. The second-order valence-electron chi connectivity index (χ2n) is 4.79. The van der Waals surface area contributed by atoms with Crippen LogP contribution in [0.2, 0.25) is 0 Å². The predicted octanol–water partition coefficient (Wildman–Crippen LogP) is 3.45. The Morgan fingerprint density at radius 2 is 0.818 bits per heavy atom. The van der Waals surface area contributed by atoms with Crippen molar-refractivity contribution >= 4 is 23.3 Å². The average molecular weight is 395 g/mol. The molecule has 0 aliphatic carbocycles. The molecule has 3 aromatic carbocycles. The normalized spacial score (nSPS) is 10.8. The summed E-state index contributed by atoms with van der Waals surface area (Å²) in [5.74, 6) is 8.12. The molecule has 0 aliphatic heterocycles. The van der Waals surface area contributed by atoms with Gasteiger partial charge in [0.1, 0.15) is 15.9 Å². The Kier molecular flexibility index (Phi) is 6.00. The van der Waals surface area contributed by atoms with Crippen LogP contribution in [0.5, 0.6) is 0 Å². The Morgan fingerprint density at radius 1 is 0.545 bits per heavy atom. The molecule has 0 amide bonds. The summed E-state index contributed by atoms with van der Waals surface area (Å²) in [7, 11) is -2.12. The number of benzene rings is 3. The molecule has 2 nitrogen and oxygen atoms in total. The summed E-state index contributed by atoms with van der Waals surface area (Å²) in [6.45, 7) is 0. The van der Waals surface area contributed by atoms with Crippen molar-refractivity contribution in [3.63, 3.8) is 0 Å². The van der Waals surface area contributed by atoms with Gasteiger partial charge >= 0.3 is 0 Å². The molecular weight excluding hydrogens is 378 g/mol. The maximum Gasteiger partial charge on any atom is 0.160 e. The molecular formula is C18H17N2PRh.